The van der Waals surface area contributed by atoms with E-state index >= 15 is 0 Å². The minimum atomic E-state index is -0.674. The van der Waals surface area contributed by atoms with Gasteiger partial charge in [0.2, 0.25) is 0 Å². The Balaban J connectivity index is 2.36. The van der Waals surface area contributed by atoms with Crippen LogP contribution in [-0.2, 0) is 4.79 Å². The van der Waals surface area contributed by atoms with Crippen molar-refractivity contribution in [2.75, 3.05) is 14.1 Å². The van der Waals surface area contributed by atoms with Crippen LogP contribution in [0.15, 0.2) is 18.3 Å². The highest BCUT2D eigenvalue weighted by molar-refractivity contribution is 5.77. The lowest BCUT2D eigenvalue weighted by molar-refractivity contribution is -0.161. The van der Waals surface area contributed by atoms with Crippen molar-refractivity contribution in [3.63, 3.8) is 0 Å². The molecule has 0 saturated heterocycles. The smallest absolute Gasteiger partial charge is 0.311 e. The standard InChI is InChI=1S/C12H18N2O2/c1-14(2)10(9-5-3-8-13-9)12(11(15)16)6-4-7-12/h3,5,8,10,13H,4,6-7H2,1-2H3,(H,15,16). The first-order chi connectivity index (χ1) is 7.58. The van der Waals surface area contributed by atoms with Gasteiger partial charge in [0, 0.05) is 11.9 Å². The molecular formula is C12H18N2O2. The van der Waals surface area contributed by atoms with E-state index in [2.05, 4.69) is 4.98 Å². The second-order valence-corrected chi connectivity index (χ2v) is 4.81. The van der Waals surface area contributed by atoms with E-state index in [0.717, 1.165) is 25.0 Å². The van der Waals surface area contributed by atoms with Crippen molar-refractivity contribution in [1.82, 2.24) is 9.88 Å². The molecule has 1 aliphatic rings. The quantitative estimate of drug-likeness (QED) is 0.817. The molecule has 0 bridgehead atoms. The molecule has 1 aromatic heterocycles. The molecule has 4 heteroatoms. The van der Waals surface area contributed by atoms with Crippen LogP contribution in [0, 0.1) is 5.41 Å². The second-order valence-electron chi connectivity index (χ2n) is 4.81. The Morgan fingerprint density at radius 2 is 2.25 bits per heavy atom. The Bertz CT molecular complexity index is 366. The summed E-state index contributed by atoms with van der Waals surface area (Å²) in [6.07, 6.45) is 4.39. The number of rotatable bonds is 4. The molecular weight excluding hydrogens is 204 g/mol. The molecule has 0 aromatic carbocycles. The van der Waals surface area contributed by atoms with Crippen LogP contribution < -0.4 is 0 Å². The van der Waals surface area contributed by atoms with Crippen LogP contribution in [0.5, 0.6) is 0 Å². The van der Waals surface area contributed by atoms with Crippen LogP contribution >= 0.6 is 0 Å². The third-order valence-corrected chi connectivity index (χ3v) is 3.63. The monoisotopic (exact) mass is 222 g/mol. The SMILES string of the molecule is CN(C)C(c1ccc[nH]1)C1(C(=O)O)CCC1. The summed E-state index contributed by atoms with van der Waals surface area (Å²) in [6, 6.07) is 3.82. The summed E-state index contributed by atoms with van der Waals surface area (Å²) in [5.41, 5.74) is 0.390. The first kappa shape index (κ1) is 11.2. The minimum absolute atomic E-state index is 0.0613. The molecule has 1 saturated carbocycles. The van der Waals surface area contributed by atoms with Crippen molar-refractivity contribution in [2.45, 2.75) is 25.3 Å². The van der Waals surface area contributed by atoms with Gasteiger partial charge in [-0.15, -0.1) is 0 Å². The minimum Gasteiger partial charge on any atom is -0.481 e. The largest absolute Gasteiger partial charge is 0.481 e. The average Bonchev–Trinajstić information content (AvgIpc) is 2.61. The average molecular weight is 222 g/mol. The van der Waals surface area contributed by atoms with Gasteiger partial charge in [0.1, 0.15) is 0 Å². The molecule has 88 valence electrons. The fourth-order valence-electron chi connectivity index (χ4n) is 2.75. The molecule has 4 nitrogen and oxygen atoms in total. The number of hydrogen-bond donors (Lipinski definition) is 2. The molecule has 1 atom stereocenters. The van der Waals surface area contributed by atoms with Crippen molar-refractivity contribution >= 4 is 5.97 Å². The molecule has 2 rings (SSSR count). The van der Waals surface area contributed by atoms with Gasteiger partial charge in [0.05, 0.1) is 11.5 Å². The zero-order valence-corrected chi connectivity index (χ0v) is 9.73. The molecule has 16 heavy (non-hydrogen) atoms. The maximum atomic E-state index is 11.5. The molecule has 2 N–H and O–H groups in total. The van der Waals surface area contributed by atoms with E-state index in [9.17, 15) is 9.90 Å². The van der Waals surface area contributed by atoms with Gasteiger partial charge in [-0.05, 0) is 39.1 Å². The number of nitrogens with one attached hydrogen (secondary N) is 1. The molecule has 1 heterocycles. The predicted octanol–water partition coefficient (Wildman–Crippen LogP) is 1.87. The maximum absolute atomic E-state index is 11.5. The molecule has 1 unspecified atom stereocenters. The lowest BCUT2D eigenvalue weighted by Gasteiger charge is -2.46. The van der Waals surface area contributed by atoms with Gasteiger partial charge in [0.15, 0.2) is 0 Å². The Morgan fingerprint density at radius 3 is 2.56 bits per heavy atom. The summed E-state index contributed by atoms with van der Waals surface area (Å²) < 4.78 is 0. The lowest BCUT2D eigenvalue weighted by Crippen LogP contribution is -2.48. The topological polar surface area (TPSA) is 56.3 Å². The van der Waals surface area contributed by atoms with Crippen molar-refractivity contribution in [3.8, 4) is 0 Å². The highest BCUT2D eigenvalue weighted by Gasteiger charge is 2.52. The third-order valence-electron chi connectivity index (χ3n) is 3.63. The first-order valence-corrected chi connectivity index (χ1v) is 5.61. The molecule has 1 aromatic rings. The second kappa shape index (κ2) is 3.94. The van der Waals surface area contributed by atoms with E-state index in [1.54, 1.807) is 0 Å². The third kappa shape index (κ3) is 1.53. The maximum Gasteiger partial charge on any atom is 0.311 e. The van der Waals surface area contributed by atoms with Crippen molar-refractivity contribution < 1.29 is 9.90 Å². The van der Waals surface area contributed by atoms with Gasteiger partial charge >= 0.3 is 5.97 Å². The first-order valence-electron chi connectivity index (χ1n) is 5.61. The molecule has 0 spiro atoms. The molecule has 0 aliphatic heterocycles. The summed E-state index contributed by atoms with van der Waals surface area (Å²) in [4.78, 5) is 16.6. The number of carboxylic acid groups (broad SMARTS) is 1. The fraction of sp³-hybridized carbons (Fsp3) is 0.583. The van der Waals surface area contributed by atoms with E-state index in [-0.39, 0.29) is 6.04 Å². The van der Waals surface area contributed by atoms with Gasteiger partial charge in [-0.1, -0.05) is 6.42 Å². The van der Waals surface area contributed by atoms with Crippen molar-refractivity contribution in [1.29, 1.82) is 0 Å². The number of aliphatic carboxylic acids is 1. The van der Waals surface area contributed by atoms with Crippen LogP contribution in [0.3, 0.4) is 0 Å². The Kier molecular flexibility index (Phi) is 2.76. The summed E-state index contributed by atoms with van der Waals surface area (Å²) in [6.45, 7) is 0. The van der Waals surface area contributed by atoms with Crippen LogP contribution in [0.1, 0.15) is 31.0 Å². The molecule has 0 amide bonds. The van der Waals surface area contributed by atoms with Crippen LogP contribution in [0.4, 0.5) is 0 Å². The van der Waals surface area contributed by atoms with E-state index < -0.39 is 11.4 Å². The Hall–Kier alpha value is -1.29. The molecule has 1 aliphatic carbocycles. The van der Waals surface area contributed by atoms with Gasteiger partial charge in [-0.25, -0.2) is 0 Å². The number of hydrogen-bond acceptors (Lipinski definition) is 2. The highest BCUT2D eigenvalue weighted by atomic mass is 16.4. The van der Waals surface area contributed by atoms with Gasteiger partial charge in [-0.3, -0.25) is 4.79 Å². The van der Waals surface area contributed by atoms with E-state index in [0.29, 0.717) is 0 Å². The van der Waals surface area contributed by atoms with Crippen LogP contribution in [0.25, 0.3) is 0 Å². The number of nitrogens with zero attached hydrogens (tertiary/aromatic N) is 1. The summed E-state index contributed by atoms with van der Waals surface area (Å²) in [5, 5.41) is 9.46. The highest BCUT2D eigenvalue weighted by Crippen LogP contribution is 2.52. The van der Waals surface area contributed by atoms with Crippen LogP contribution in [-0.4, -0.2) is 35.1 Å². The summed E-state index contributed by atoms with van der Waals surface area (Å²) in [7, 11) is 3.88. The zero-order chi connectivity index (χ0) is 11.8. The number of H-pyrrole nitrogens is 1. The van der Waals surface area contributed by atoms with Crippen LogP contribution in [0.2, 0.25) is 0 Å². The van der Waals surface area contributed by atoms with Gasteiger partial charge in [-0.2, -0.15) is 0 Å². The van der Waals surface area contributed by atoms with Gasteiger partial charge in [0.25, 0.3) is 0 Å². The van der Waals surface area contributed by atoms with Crippen molar-refractivity contribution in [3.05, 3.63) is 24.0 Å². The lowest BCUT2D eigenvalue weighted by atomic mass is 9.63. The molecule has 0 radical (unpaired) electrons. The summed E-state index contributed by atoms with van der Waals surface area (Å²) in [5.74, 6) is -0.674. The normalized spacial score (nSPS) is 20.4. The van der Waals surface area contributed by atoms with Crippen molar-refractivity contribution in [2.24, 2.45) is 5.41 Å². The number of carbonyl (C=O) groups is 1. The number of carboxylic acids is 1. The Labute approximate surface area is 95.3 Å². The number of aromatic amines is 1. The number of aromatic nitrogens is 1. The van der Waals surface area contributed by atoms with E-state index in [1.165, 1.54) is 0 Å². The summed E-state index contributed by atoms with van der Waals surface area (Å²) >= 11 is 0. The predicted molar refractivity (Wildman–Crippen MR) is 61.1 cm³/mol. The van der Waals surface area contributed by atoms with Gasteiger partial charge < -0.3 is 15.0 Å². The van der Waals surface area contributed by atoms with E-state index in [4.69, 9.17) is 0 Å². The fourth-order valence-corrected chi connectivity index (χ4v) is 2.75. The van der Waals surface area contributed by atoms with E-state index in [1.807, 2.05) is 37.3 Å². The zero-order valence-electron chi connectivity index (χ0n) is 9.73. The Morgan fingerprint density at radius 1 is 1.56 bits per heavy atom. The molecule has 1 fully saturated rings.